The van der Waals surface area contributed by atoms with Crippen molar-refractivity contribution >= 4 is 22.4 Å². The topological polar surface area (TPSA) is 12.9 Å². The molecule has 2 rings (SSSR count). The van der Waals surface area contributed by atoms with Crippen molar-refractivity contribution in [2.45, 2.75) is 20.8 Å². The Morgan fingerprint density at radius 2 is 1.93 bits per heavy atom. The van der Waals surface area contributed by atoms with Gasteiger partial charge in [0.05, 0.1) is 0 Å². The van der Waals surface area contributed by atoms with Crippen LogP contribution in [0.2, 0.25) is 5.15 Å². The van der Waals surface area contributed by atoms with Crippen molar-refractivity contribution in [2.75, 3.05) is 0 Å². The van der Waals surface area contributed by atoms with E-state index in [1.165, 1.54) is 10.9 Å². The maximum absolute atomic E-state index is 5.78. The molecule has 0 saturated heterocycles. The molecule has 0 fully saturated rings. The maximum atomic E-state index is 5.78. The van der Waals surface area contributed by atoms with E-state index in [1.807, 2.05) is 32.0 Å². The molecule has 0 spiro atoms. The summed E-state index contributed by atoms with van der Waals surface area (Å²) in [6.07, 6.45) is 1.80. The molecule has 0 aliphatic carbocycles. The van der Waals surface area contributed by atoms with E-state index in [4.69, 9.17) is 11.6 Å². The van der Waals surface area contributed by atoms with Crippen molar-refractivity contribution in [2.24, 2.45) is 0 Å². The van der Waals surface area contributed by atoms with E-state index < -0.39 is 0 Å². The first-order valence-electron chi connectivity index (χ1n) is 4.78. The van der Waals surface area contributed by atoms with Gasteiger partial charge in [0.1, 0.15) is 5.15 Å². The highest BCUT2D eigenvalue weighted by atomic mass is 35.5. The Morgan fingerprint density at radius 3 is 2.64 bits per heavy atom. The Balaban J connectivity index is 0.000000461. The standard InChI is InChI=1S/C10H8ClN.C2H6/c1-7-3-2-4-8-6-12-10(11)5-9(7)8;1-2/h2-6H,1H3;1-2H3. The third kappa shape index (κ3) is 2.24. The highest BCUT2D eigenvalue weighted by molar-refractivity contribution is 6.30. The Hall–Kier alpha value is -1.08. The minimum absolute atomic E-state index is 0.553. The van der Waals surface area contributed by atoms with E-state index in [9.17, 15) is 0 Å². The summed E-state index contributed by atoms with van der Waals surface area (Å²) in [5.74, 6) is 0. The van der Waals surface area contributed by atoms with Gasteiger partial charge in [-0.3, -0.25) is 0 Å². The predicted molar refractivity (Wildman–Crippen MR) is 62.8 cm³/mol. The predicted octanol–water partition coefficient (Wildman–Crippen LogP) is 4.22. The summed E-state index contributed by atoms with van der Waals surface area (Å²) in [7, 11) is 0. The van der Waals surface area contributed by atoms with Crippen molar-refractivity contribution in [3.8, 4) is 0 Å². The number of fused-ring (bicyclic) bond motifs is 1. The van der Waals surface area contributed by atoms with Gasteiger partial charge in [-0.2, -0.15) is 0 Å². The number of pyridine rings is 1. The van der Waals surface area contributed by atoms with Gasteiger partial charge in [-0.1, -0.05) is 43.6 Å². The summed E-state index contributed by atoms with van der Waals surface area (Å²) < 4.78 is 0. The van der Waals surface area contributed by atoms with Crippen molar-refractivity contribution in [3.05, 3.63) is 41.2 Å². The van der Waals surface area contributed by atoms with Crippen LogP contribution in [-0.2, 0) is 0 Å². The van der Waals surface area contributed by atoms with Crippen LogP contribution in [0, 0.1) is 6.92 Å². The fourth-order valence-corrected chi connectivity index (χ4v) is 1.46. The molecule has 14 heavy (non-hydrogen) atoms. The first kappa shape index (κ1) is 11.0. The first-order chi connectivity index (χ1) is 6.77. The zero-order chi connectivity index (χ0) is 10.6. The molecular weight excluding hydrogens is 194 g/mol. The number of hydrogen-bond acceptors (Lipinski definition) is 1. The molecule has 0 radical (unpaired) electrons. The Kier molecular flexibility index (Phi) is 3.90. The van der Waals surface area contributed by atoms with Gasteiger partial charge in [0.2, 0.25) is 0 Å². The molecule has 2 heteroatoms. The van der Waals surface area contributed by atoms with Gasteiger partial charge in [-0.05, 0) is 23.9 Å². The molecule has 2 aromatic rings. The summed E-state index contributed by atoms with van der Waals surface area (Å²) in [6.45, 7) is 6.07. The first-order valence-corrected chi connectivity index (χ1v) is 5.16. The van der Waals surface area contributed by atoms with E-state index in [0.29, 0.717) is 5.15 Å². The zero-order valence-corrected chi connectivity index (χ0v) is 9.47. The second-order valence-corrected chi connectivity index (χ2v) is 3.19. The van der Waals surface area contributed by atoms with E-state index in [-0.39, 0.29) is 0 Å². The van der Waals surface area contributed by atoms with Crippen LogP contribution in [0.4, 0.5) is 0 Å². The van der Waals surface area contributed by atoms with Gasteiger partial charge in [-0.25, -0.2) is 4.98 Å². The van der Waals surface area contributed by atoms with Crippen LogP contribution in [-0.4, -0.2) is 4.98 Å². The van der Waals surface area contributed by atoms with Gasteiger partial charge in [0.15, 0.2) is 0 Å². The van der Waals surface area contributed by atoms with Gasteiger partial charge in [-0.15, -0.1) is 0 Å². The van der Waals surface area contributed by atoms with Crippen LogP contribution in [0.15, 0.2) is 30.5 Å². The summed E-state index contributed by atoms with van der Waals surface area (Å²) in [5.41, 5.74) is 1.23. The Labute approximate surface area is 89.7 Å². The van der Waals surface area contributed by atoms with Crippen LogP contribution in [0.25, 0.3) is 10.8 Å². The minimum atomic E-state index is 0.553. The summed E-state index contributed by atoms with van der Waals surface area (Å²) >= 11 is 5.78. The number of rotatable bonds is 0. The average molecular weight is 208 g/mol. The number of halogens is 1. The molecule has 0 atom stereocenters. The van der Waals surface area contributed by atoms with Crippen molar-refractivity contribution in [1.82, 2.24) is 4.98 Å². The molecule has 0 saturated carbocycles. The number of aromatic nitrogens is 1. The number of nitrogens with zero attached hydrogens (tertiary/aromatic N) is 1. The molecule has 0 bridgehead atoms. The molecule has 0 aliphatic heterocycles. The summed E-state index contributed by atoms with van der Waals surface area (Å²) in [6, 6.07) is 8.02. The lowest BCUT2D eigenvalue weighted by Gasteiger charge is -2.00. The quantitative estimate of drug-likeness (QED) is 0.590. The average Bonchev–Trinajstić information content (AvgIpc) is 2.22. The lowest BCUT2D eigenvalue weighted by atomic mass is 10.1. The van der Waals surface area contributed by atoms with Gasteiger partial charge < -0.3 is 0 Å². The van der Waals surface area contributed by atoms with Gasteiger partial charge in [0.25, 0.3) is 0 Å². The monoisotopic (exact) mass is 207 g/mol. The van der Waals surface area contributed by atoms with E-state index in [2.05, 4.69) is 18.0 Å². The number of aryl methyl sites for hydroxylation is 1. The highest BCUT2D eigenvalue weighted by Gasteiger charge is 1.97. The van der Waals surface area contributed by atoms with Crippen LogP contribution >= 0.6 is 11.6 Å². The smallest absolute Gasteiger partial charge is 0.129 e. The lowest BCUT2D eigenvalue weighted by Crippen LogP contribution is -1.80. The molecule has 0 unspecified atom stereocenters. The van der Waals surface area contributed by atoms with Crippen molar-refractivity contribution in [1.29, 1.82) is 0 Å². The molecule has 0 N–H and O–H groups in total. The third-order valence-corrected chi connectivity index (χ3v) is 2.15. The van der Waals surface area contributed by atoms with E-state index in [0.717, 1.165) is 5.39 Å². The summed E-state index contributed by atoms with van der Waals surface area (Å²) in [4.78, 5) is 4.01. The van der Waals surface area contributed by atoms with Crippen LogP contribution in [0.5, 0.6) is 0 Å². The molecular formula is C12H14ClN. The highest BCUT2D eigenvalue weighted by Crippen LogP contribution is 2.19. The fourth-order valence-electron chi connectivity index (χ4n) is 1.30. The molecule has 1 aromatic heterocycles. The van der Waals surface area contributed by atoms with E-state index >= 15 is 0 Å². The zero-order valence-electron chi connectivity index (χ0n) is 8.71. The largest absolute Gasteiger partial charge is 0.244 e. The van der Waals surface area contributed by atoms with Crippen molar-refractivity contribution < 1.29 is 0 Å². The molecule has 1 heterocycles. The van der Waals surface area contributed by atoms with E-state index in [1.54, 1.807) is 6.20 Å². The number of benzene rings is 1. The SMILES string of the molecule is CC.Cc1cccc2cnc(Cl)cc12. The Morgan fingerprint density at radius 1 is 1.21 bits per heavy atom. The molecule has 1 nitrogen and oxygen atoms in total. The third-order valence-electron chi connectivity index (χ3n) is 1.95. The second kappa shape index (κ2) is 4.97. The fraction of sp³-hybridized carbons (Fsp3) is 0.250. The Bertz CT molecular complexity index is 424. The minimum Gasteiger partial charge on any atom is -0.244 e. The second-order valence-electron chi connectivity index (χ2n) is 2.80. The number of hydrogen-bond donors (Lipinski definition) is 0. The van der Waals surface area contributed by atoms with Crippen LogP contribution in [0.3, 0.4) is 0 Å². The van der Waals surface area contributed by atoms with Gasteiger partial charge in [0, 0.05) is 11.6 Å². The lowest BCUT2D eigenvalue weighted by molar-refractivity contribution is 1.35. The van der Waals surface area contributed by atoms with Gasteiger partial charge >= 0.3 is 0 Å². The van der Waals surface area contributed by atoms with Crippen molar-refractivity contribution in [3.63, 3.8) is 0 Å². The molecule has 0 amide bonds. The maximum Gasteiger partial charge on any atom is 0.129 e. The van der Waals surface area contributed by atoms with Crippen LogP contribution in [0.1, 0.15) is 19.4 Å². The molecule has 74 valence electrons. The summed E-state index contributed by atoms with van der Waals surface area (Å²) in [5, 5.41) is 2.87. The molecule has 1 aromatic carbocycles. The normalized spacial score (nSPS) is 9.43. The molecule has 0 aliphatic rings. The van der Waals surface area contributed by atoms with Crippen LogP contribution < -0.4 is 0 Å².